The van der Waals surface area contributed by atoms with Gasteiger partial charge < -0.3 is 25.0 Å². The summed E-state index contributed by atoms with van der Waals surface area (Å²) in [6.45, 7) is 5.74. The van der Waals surface area contributed by atoms with E-state index in [1.54, 1.807) is 18.4 Å². The Morgan fingerprint density at radius 1 is 1.17 bits per heavy atom. The maximum atomic E-state index is 5.43. The van der Waals surface area contributed by atoms with Gasteiger partial charge in [-0.05, 0) is 56.6 Å². The van der Waals surface area contributed by atoms with E-state index in [4.69, 9.17) is 14.5 Å². The van der Waals surface area contributed by atoms with Gasteiger partial charge in [0.05, 0.1) is 19.7 Å². The van der Waals surface area contributed by atoms with Crippen LogP contribution in [-0.2, 0) is 11.3 Å². The first-order valence-corrected chi connectivity index (χ1v) is 10.9. The highest BCUT2D eigenvalue weighted by atomic mass is 127. The van der Waals surface area contributed by atoms with Gasteiger partial charge in [0.2, 0.25) is 0 Å². The summed E-state index contributed by atoms with van der Waals surface area (Å²) in [6.07, 6.45) is 0.944. The van der Waals surface area contributed by atoms with Crippen LogP contribution in [-0.4, -0.2) is 58.4 Å². The molecule has 0 aliphatic rings. The molecule has 0 saturated heterocycles. The van der Waals surface area contributed by atoms with Gasteiger partial charge in [0, 0.05) is 31.2 Å². The third kappa shape index (κ3) is 9.63. The smallest absolute Gasteiger partial charge is 0.191 e. The molecular weight excluding hydrogens is 511 g/mol. The van der Waals surface area contributed by atoms with Gasteiger partial charge in [-0.25, -0.2) is 4.99 Å². The van der Waals surface area contributed by atoms with Gasteiger partial charge in [-0.1, -0.05) is 18.2 Å². The minimum Gasteiger partial charge on any atom is -0.497 e. The first-order chi connectivity index (χ1) is 14.1. The molecule has 2 aromatic rings. The van der Waals surface area contributed by atoms with E-state index >= 15 is 0 Å². The normalized spacial score (nSPS) is 12.4. The van der Waals surface area contributed by atoms with Crippen molar-refractivity contribution >= 4 is 41.3 Å². The number of nitrogens with one attached hydrogen (secondary N) is 2. The van der Waals surface area contributed by atoms with E-state index in [2.05, 4.69) is 47.1 Å². The molecule has 1 aromatic carbocycles. The van der Waals surface area contributed by atoms with Gasteiger partial charge in [0.15, 0.2) is 5.96 Å². The molecule has 2 rings (SSSR count). The lowest BCUT2D eigenvalue weighted by Gasteiger charge is -2.24. The fourth-order valence-electron chi connectivity index (χ4n) is 2.81. The van der Waals surface area contributed by atoms with Gasteiger partial charge >= 0.3 is 0 Å². The van der Waals surface area contributed by atoms with E-state index in [0.717, 1.165) is 50.0 Å². The van der Waals surface area contributed by atoms with Crippen LogP contribution in [0.3, 0.4) is 0 Å². The minimum absolute atomic E-state index is 0. The molecule has 0 spiro atoms. The topological polar surface area (TPSA) is 58.1 Å². The monoisotopic (exact) mass is 546 g/mol. The number of hydrogen-bond acceptors (Lipinski definition) is 5. The molecule has 1 aromatic heterocycles. The molecule has 0 amide bonds. The summed E-state index contributed by atoms with van der Waals surface area (Å²) in [5, 5.41) is 9.06. The van der Waals surface area contributed by atoms with Crippen molar-refractivity contribution in [3.05, 3.63) is 52.2 Å². The lowest BCUT2D eigenvalue weighted by atomic mass is 10.2. The van der Waals surface area contributed by atoms with Gasteiger partial charge in [-0.2, -0.15) is 0 Å². The molecule has 1 heterocycles. The average Bonchev–Trinajstić information content (AvgIpc) is 3.26. The summed E-state index contributed by atoms with van der Waals surface area (Å²) in [5.74, 6) is 1.68. The van der Waals surface area contributed by atoms with Gasteiger partial charge in [-0.15, -0.1) is 35.3 Å². The van der Waals surface area contributed by atoms with Crippen molar-refractivity contribution in [1.82, 2.24) is 15.5 Å². The summed E-state index contributed by atoms with van der Waals surface area (Å²) in [4.78, 5) is 8.35. The Bertz CT molecular complexity index is 708. The van der Waals surface area contributed by atoms with Gasteiger partial charge in [0.1, 0.15) is 5.75 Å². The van der Waals surface area contributed by atoms with Crippen molar-refractivity contribution in [2.75, 3.05) is 47.5 Å². The van der Waals surface area contributed by atoms with Crippen LogP contribution < -0.4 is 15.4 Å². The van der Waals surface area contributed by atoms with Crippen LogP contribution in [0, 0.1) is 0 Å². The van der Waals surface area contributed by atoms with E-state index in [0.29, 0.717) is 12.6 Å². The van der Waals surface area contributed by atoms with Crippen LogP contribution in [0.25, 0.3) is 0 Å². The summed E-state index contributed by atoms with van der Waals surface area (Å²) in [6, 6.07) is 12.6. The highest BCUT2D eigenvalue weighted by molar-refractivity contribution is 14.0. The quantitative estimate of drug-likeness (QED) is 0.182. The van der Waals surface area contributed by atoms with Crippen molar-refractivity contribution in [3.8, 4) is 5.75 Å². The summed E-state index contributed by atoms with van der Waals surface area (Å²) in [5.41, 5.74) is 1.14. The molecule has 1 unspecified atom stereocenters. The highest BCUT2D eigenvalue weighted by Gasteiger charge is 2.15. The van der Waals surface area contributed by atoms with Gasteiger partial charge in [-0.3, -0.25) is 0 Å². The molecule has 168 valence electrons. The number of nitrogens with zero attached hydrogens (tertiary/aromatic N) is 2. The fraction of sp³-hybridized carbons (Fsp3) is 0.500. The molecule has 1 atom stereocenters. The first-order valence-electron chi connectivity index (χ1n) is 10.1. The Morgan fingerprint density at radius 3 is 2.53 bits per heavy atom. The number of halogens is 1. The molecule has 0 aliphatic heterocycles. The van der Waals surface area contributed by atoms with Crippen LogP contribution >= 0.6 is 35.3 Å². The minimum atomic E-state index is 0. The number of ether oxygens (including phenoxy) is 2. The number of rotatable bonds is 12. The van der Waals surface area contributed by atoms with Crippen LogP contribution in [0.1, 0.15) is 29.8 Å². The summed E-state index contributed by atoms with van der Waals surface area (Å²) >= 11 is 1.78. The molecular formula is C22H35IN4O2S. The zero-order valence-corrected chi connectivity index (χ0v) is 21.5. The predicted octanol–water partition coefficient (Wildman–Crippen LogP) is 4.14. The zero-order valence-electron chi connectivity index (χ0n) is 18.4. The Kier molecular flexibility index (Phi) is 13.7. The second-order valence-corrected chi connectivity index (χ2v) is 7.85. The number of hydrogen-bond donors (Lipinski definition) is 2. The standard InChI is InChI=1S/C22H34N4O2S.HI/c1-5-28-14-7-13-23-22(24-16-18-9-11-19(27-4)12-10-18)25-17-20(26(2)3)21-8-6-15-29-21;/h6,8-12,15,20H,5,7,13-14,16-17H2,1-4H3,(H2,23,24,25);1H. The van der Waals surface area contributed by atoms with E-state index in [9.17, 15) is 0 Å². The largest absolute Gasteiger partial charge is 0.497 e. The maximum absolute atomic E-state index is 5.43. The predicted molar refractivity (Wildman–Crippen MR) is 137 cm³/mol. The second kappa shape index (κ2) is 15.4. The molecule has 0 aliphatic carbocycles. The molecule has 6 nitrogen and oxygen atoms in total. The zero-order chi connectivity index (χ0) is 20.9. The van der Waals surface area contributed by atoms with Crippen LogP contribution in [0.15, 0.2) is 46.8 Å². The van der Waals surface area contributed by atoms with E-state index in [1.807, 2.05) is 31.2 Å². The number of aliphatic imine (C=N–C) groups is 1. The van der Waals surface area contributed by atoms with Crippen LogP contribution in [0.5, 0.6) is 5.75 Å². The SMILES string of the molecule is CCOCCCNC(=NCc1ccc(OC)cc1)NCC(c1cccs1)N(C)C.I. The Balaban J connectivity index is 0.00000450. The van der Waals surface area contributed by atoms with Crippen molar-refractivity contribution in [1.29, 1.82) is 0 Å². The number of guanidine groups is 1. The van der Waals surface area contributed by atoms with Crippen LogP contribution in [0.4, 0.5) is 0 Å². The highest BCUT2D eigenvalue weighted by Crippen LogP contribution is 2.22. The molecule has 2 N–H and O–H groups in total. The lowest BCUT2D eigenvalue weighted by molar-refractivity contribution is 0.145. The van der Waals surface area contributed by atoms with Crippen molar-refractivity contribution < 1.29 is 9.47 Å². The third-order valence-electron chi connectivity index (χ3n) is 4.50. The second-order valence-electron chi connectivity index (χ2n) is 6.87. The Labute approximate surface area is 202 Å². The molecule has 0 saturated carbocycles. The molecule has 0 fully saturated rings. The molecule has 0 radical (unpaired) electrons. The molecule has 8 heteroatoms. The van der Waals surface area contributed by atoms with Crippen LogP contribution in [0.2, 0.25) is 0 Å². The Hall–Kier alpha value is -1.36. The number of benzene rings is 1. The number of likely N-dealkylation sites (N-methyl/N-ethyl adjacent to an activating group) is 1. The first kappa shape index (κ1) is 26.7. The summed E-state index contributed by atoms with van der Waals surface area (Å²) < 4.78 is 10.7. The average molecular weight is 547 g/mol. The van der Waals surface area contributed by atoms with Crippen molar-refractivity contribution in [2.24, 2.45) is 4.99 Å². The lowest BCUT2D eigenvalue weighted by Crippen LogP contribution is -2.42. The van der Waals surface area contributed by atoms with Gasteiger partial charge in [0.25, 0.3) is 0 Å². The van der Waals surface area contributed by atoms with E-state index in [-0.39, 0.29) is 24.0 Å². The Morgan fingerprint density at radius 2 is 1.93 bits per heavy atom. The van der Waals surface area contributed by atoms with E-state index < -0.39 is 0 Å². The third-order valence-corrected chi connectivity index (χ3v) is 5.47. The molecule has 0 bridgehead atoms. The maximum Gasteiger partial charge on any atom is 0.191 e. The number of thiophene rings is 1. The molecule has 30 heavy (non-hydrogen) atoms. The van der Waals surface area contributed by atoms with E-state index in [1.165, 1.54) is 4.88 Å². The summed E-state index contributed by atoms with van der Waals surface area (Å²) in [7, 11) is 5.89. The fourth-order valence-corrected chi connectivity index (χ4v) is 3.74. The van der Waals surface area contributed by atoms with Crippen molar-refractivity contribution in [2.45, 2.75) is 25.9 Å². The number of methoxy groups -OCH3 is 1. The van der Waals surface area contributed by atoms with Crippen molar-refractivity contribution in [3.63, 3.8) is 0 Å².